The van der Waals surface area contributed by atoms with Crippen LogP contribution in [0.4, 0.5) is 0 Å². The first kappa shape index (κ1) is 11.7. The second-order valence-corrected chi connectivity index (χ2v) is 3.25. The van der Waals surface area contributed by atoms with E-state index in [0.717, 1.165) is 25.1 Å². The number of hydrogen-bond donors (Lipinski definition) is 2. The van der Waals surface area contributed by atoms with Gasteiger partial charge in [0.15, 0.2) is 5.69 Å². The van der Waals surface area contributed by atoms with Gasteiger partial charge in [-0.3, -0.25) is 4.79 Å². The Labute approximate surface area is 89.2 Å². The van der Waals surface area contributed by atoms with Crippen LogP contribution < -0.4 is 10.6 Å². The van der Waals surface area contributed by atoms with Gasteiger partial charge in [-0.05, 0) is 20.0 Å². The number of carbonyl (C=O) groups is 1. The second-order valence-electron chi connectivity index (χ2n) is 3.25. The highest BCUT2D eigenvalue weighted by molar-refractivity contribution is 5.92. The van der Waals surface area contributed by atoms with Crippen molar-refractivity contribution >= 4 is 5.91 Å². The standard InChI is InChI=1S/C10H17N3O2/c1-3-8-7-9(13-15-8)10(14)12-6-4-5-11-2/h7,11H,3-6H2,1-2H3,(H,12,14). The molecule has 0 saturated carbocycles. The molecule has 1 aromatic rings. The molecule has 0 aliphatic rings. The molecule has 0 atom stereocenters. The molecule has 2 N–H and O–H groups in total. The van der Waals surface area contributed by atoms with Crippen molar-refractivity contribution < 1.29 is 9.32 Å². The molecule has 1 heterocycles. The Bertz CT molecular complexity index is 309. The predicted octanol–water partition coefficient (Wildman–Crippen LogP) is 0.576. The summed E-state index contributed by atoms with van der Waals surface area (Å²) in [6.07, 6.45) is 1.65. The molecule has 84 valence electrons. The van der Waals surface area contributed by atoms with Gasteiger partial charge in [-0.15, -0.1) is 0 Å². The SMILES string of the molecule is CCc1cc(C(=O)NCCCNC)no1. The zero-order valence-corrected chi connectivity index (χ0v) is 9.17. The molecule has 0 spiro atoms. The van der Waals surface area contributed by atoms with Gasteiger partial charge in [-0.2, -0.15) is 0 Å². The average molecular weight is 211 g/mol. The van der Waals surface area contributed by atoms with Gasteiger partial charge in [0.05, 0.1) is 0 Å². The highest BCUT2D eigenvalue weighted by atomic mass is 16.5. The first-order valence-electron chi connectivity index (χ1n) is 5.16. The van der Waals surface area contributed by atoms with E-state index in [0.29, 0.717) is 12.2 Å². The molecule has 1 aromatic heterocycles. The van der Waals surface area contributed by atoms with Crippen LogP contribution >= 0.6 is 0 Å². The summed E-state index contributed by atoms with van der Waals surface area (Å²) in [7, 11) is 1.88. The van der Waals surface area contributed by atoms with Crippen molar-refractivity contribution in [2.24, 2.45) is 0 Å². The van der Waals surface area contributed by atoms with Crippen molar-refractivity contribution in [2.75, 3.05) is 20.1 Å². The summed E-state index contributed by atoms with van der Waals surface area (Å²) >= 11 is 0. The first-order valence-corrected chi connectivity index (χ1v) is 5.16. The maximum absolute atomic E-state index is 11.5. The van der Waals surface area contributed by atoms with Gasteiger partial charge in [0.2, 0.25) is 0 Å². The lowest BCUT2D eigenvalue weighted by molar-refractivity contribution is 0.0944. The maximum atomic E-state index is 11.5. The summed E-state index contributed by atoms with van der Waals surface area (Å²) in [5.74, 6) is 0.560. The highest BCUT2D eigenvalue weighted by Gasteiger charge is 2.10. The highest BCUT2D eigenvalue weighted by Crippen LogP contribution is 2.03. The number of carbonyl (C=O) groups excluding carboxylic acids is 1. The number of aryl methyl sites for hydroxylation is 1. The first-order chi connectivity index (χ1) is 7.27. The van der Waals surface area contributed by atoms with Crippen LogP contribution in [0.15, 0.2) is 10.6 Å². The Morgan fingerprint density at radius 1 is 1.53 bits per heavy atom. The van der Waals surface area contributed by atoms with Crippen molar-refractivity contribution in [1.29, 1.82) is 0 Å². The quantitative estimate of drug-likeness (QED) is 0.675. The predicted molar refractivity (Wildman–Crippen MR) is 56.8 cm³/mol. The van der Waals surface area contributed by atoms with Crippen LogP contribution in [0.3, 0.4) is 0 Å². The summed E-state index contributed by atoms with van der Waals surface area (Å²) in [6, 6.07) is 1.67. The minimum absolute atomic E-state index is 0.172. The van der Waals surface area contributed by atoms with Crippen molar-refractivity contribution in [3.05, 3.63) is 17.5 Å². The van der Waals surface area contributed by atoms with Gasteiger partial charge < -0.3 is 15.2 Å². The van der Waals surface area contributed by atoms with E-state index in [4.69, 9.17) is 4.52 Å². The van der Waals surface area contributed by atoms with Gasteiger partial charge in [0.25, 0.3) is 5.91 Å². The average Bonchev–Trinajstić information content (AvgIpc) is 2.72. The lowest BCUT2D eigenvalue weighted by Gasteiger charge is -2.01. The fraction of sp³-hybridized carbons (Fsp3) is 0.600. The number of hydrogen-bond acceptors (Lipinski definition) is 4. The van der Waals surface area contributed by atoms with Gasteiger partial charge in [-0.1, -0.05) is 12.1 Å². The molecule has 0 aliphatic carbocycles. The summed E-state index contributed by atoms with van der Waals surface area (Å²) < 4.78 is 4.94. The zero-order valence-electron chi connectivity index (χ0n) is 9.17. The Kier molecular flexibility index (Phi) is 4.83. The molecular weight excluding hydrogens is 194 g/mol. The topological polar surface area (TPSA) is 67.2 Å². The summed E-state index contributed by atoms with van der Waals surface area (Å²) in [4.78, 5) is 11.5. The molecule has 15 heavy (non-hydrogen) atoms. The maximum Gasteiger partial charge on any atom is 0.273 e. The second kappa shape index (κ2) is 6.19. The molecule has 0 unspecified atom stereocenters. The molecular formula is C10H17N3O2. The summed E-state index contributed by atoms with van der Waals surface area (Å²) in [6.45, 7) is 3.49. The Balaban J connectivity index is 2.33. The molecule has 0 bridgehead atoms. The van der Waals surface area contributed by atoms with E-state index in [-0.39, 0.29) is 5.91 Å². The van der Waals surface area contributed by atoms with Crippen LogP contribution in [0.25, 0.3) is 0 Å². The largest absolute Gasteiger partial charge is 0.361 e. The fourth-order valence-electron chi connectivity index (χ4n) is 1.14. The lowest BCUT2D eigenvalue weighted by Crippen LogP contribution is -2.26. The minimum Gasteiger partial charge on any atom is -0.361 e. The third-order valence-electron chi connectivity index (χ3n) is 2.03. The Hall–Kier alpha value is -1.36. The number of rotatable bonds is 6. The molecule has 0 saturated heterocycles. The molecule has 1 rings (SSSR count). The monoisotopic (exact) mass is 211 g/mol. The minimum atomic E-state index is -0.172. The van der Waals surface area contributed by atoms with E-state index in [1.54, 1.807) is 6.07 Å². The van der Waals surface area contributed by atoms with Crippen molar-refractivity contribution in [1.82, 2.24) is 15.8 Å². The lowest BCUT2D eigenvalue weighted by atomic mass is 10.3. The molecule has 5 nitrogen and oxygen atoms in total. The van der Waals surface area contributed by atoms with Crippen molar-refractivity contribution in [2.45, 2.75) is 19.8 Å². The molecule has 0 fully saturated rings. The Morgan fingerprint density at radius 3 is 2.93 bits per heavy atom. The van der Waals surface area contributed by atoms with E-state index >= 15 is 0 Å². The van der Waals surface area contributed by atoms with Gasteiger partial charge in [0.1, 0.15) is 5.76 Å². The van der Waals surface area contributed by atoms with Gasteiger partial charge in [-0.25, -0.2) is 0 Å². The van der Waals surface area contributed by atoms with Gasteiger partial charge >= 0.3 is 0 Å². The number of aromatic nitrogens is 1. The number of amides is 1. The van der Waals surface area contributed by atoms with E-state index in [9.17, 15) is 4.79 Å². The van der Waals surface area contributed by atoms with Gasteiger partial charge in [0, 0.05) is 19.0 Å². The number of nitrogens with zero attached hydrogens (tertiary/aromatic N) is 1. The van der Waals surface area contributed by atoms with Crippen molar-refractivity contribution in [3.63, 3.8) is 0 Å². The van der Waals surface area contributed by atoms with Crippen molar-refractivity contribution in [3.8, 4) is 0 Å². The molecule has 5 heteroatoms. The smallest absolute Gasteiger partial charge is 0.273 e. The number of nitrogens with one attached hydrogen (secondary N) is 2. The van der Waals surface area contributed by atoms with E-state index in [2.05, 4.69) is 15.8 Å². The van der Waals surface area contributed by atoms with Crippen LogP contribution in [0.2, 0.25) is 0 Å². The van der Waals surface area contributed by atoms with Crippen LogP contribution in [-0.4, -0.2) is 31.2 Å². The third kappa shape index (κ3) is 3.71. The summed E-state index contributed by atoms with van der Waals surface area (Å²) in [5.41, 5.74) is 0.358. The van der Waals surface area contributed by atoms with Crippen LogP contribution in [-0.2, 0) is 6.42 Å². The molecule has 0 aliphatic heterocycles. The van der Waals surface area contributed by atoms with E-state index in [1.807, 2.05) is 14.0 Å². The molecule has 0 aromatic carbocycles. The molecule has 0 radical (unpaired) electrons. The summed E-state index contributed by atoms with van der Waals surface area (Å²) in [5, 5.41) is 9.46. The zero-order chi connectivity index (χ0) is 11.1. The van der Waals surface area contributed by atoms with Crippen LogP contribution in [0.1, 0.15) is 29.6 Å². The Morgan fingerprint density at radius 2 is 2.33 bits per heavy atom. The fourth-order valence-corrected chi connectivity index (χ4v) is 1.14. The van der Waals surface area contributed by atoms with Crippen LogP contribution in [0, 0.1) is 0 Å². The van der Waals surface area contributed by atoms with Crippen LogP contribution in [0.5, 0.6) is 0 Å². The van der Waals surface area contributed by atoms with E-state index < -0.39 is 0 Å². The van der Waals surface area contributed by atoms with E-state index in [1.165, 1.54) is 0 Å². The normalized spacial score (nSPS) is 10.3. The molecule has 1 amide bonds. The third-order valence-corrected chi connectivity index (χ3v) is 2.03.